The van der Waals surface area contributed by atoms with Crippen molar-refractivity contribution in [2.75, 3.05) is 25.1 Å². The molecule has 0 saturated carbocycles. The number of carbonyl (C=O) groups excluding carboxylic acids is 1. The summed E-state index contributed by atoms with van der Waals surface area (Å²) in [5.41, 5.74) is 3.18. The maximum absolute atomic E-state index is 12.9. The standard InChI is InChI=1S/C27H28F3N3O3S/c1-5-35-24(34)15-33(4)19-10-11-20-21(32-36-22(20)14-19)12-13-23-25(16(2)3)31-26(37-23)17-6-8-18(9-7-17)27(28,29)30/h6-11,14,16H,5,12-13,15H2,1-4H3. The lowest BCUT2D eigenvalue weighted by Gasteiger charge is -2.17. The van der Waals surface area contributed by atoms with Crippen LogP contribution < -0.4 is 4.90 Å². The van der Waals surface area contributed by atoms with Crippen molar-refractivity contribution in [2.45, 2.75) is 45.7 Å². The summed E-state index contributed by atoms with van der Waals surface area (Å²) in [7, 11) is 1.81. The number of thiazole rings is 1. The number of carbonyl (C=O) groups is 1. The first-order valence-corrected chi connectivity index (χ1v) is 12.8. The van der Waals surface area contributed by atoms with Crippen molar-refractivity contribution in [1.82, 2.24) is 10.1 Å². The maximum Gasteiger partial charge on any atom is 0.416 e. The number of hydrogen-bond donors (Lipinski definition) is 0. The summed E-state index contributed by atoms with van der Waals surface area (Å²) in [5, 5.41) is 5.86. The predicted octanol–water partition coefficient (Wildman–Crippen LogP) is 6.88. The molecule has 2 aromatic heterocycles. The van der Waals surface area contributed by atoms with E-state index in [4.69, 9.17) is 14.2 Å². The van der Waals surface area contributed by atoms with Gasteiger partial charge in [-0.05, 0) is 49.9 Å². The zero-order chi connectivity index (χ0) is 26.7. The molecule has 0 aliphatic heterocycles. The fourth-order valence-corrected chi connectivity index (χ4v) is 5.26. The smallest absolute Gasteiger partial charge is 0.416 e. The molecule has 0 saturated heterocycles. The zero-order valence-electron chi connectivity index (χ0n) is 21.1. The van der Waals surface area contributed by atoms with E-state index in [2.05, 4.69) is 19.0 Å². The summed E-state index contributed by atoms with van der Waals surface area (Å²) in [6.45, 7) is 6.34. The largest absolute Gasteiger partial charge is 0.465 e. The van der Waals surface area contributed by atoms with Crippen LogP contribution in [0.5, 0.6) is 0 Å². The Hall–Kier alpha value is -3.40. The van der Waals surface area contributed by atoms with Gasteiger partial charge in [-0.1, -0.05) is 31.1 Å². The minimum atomic E-state index is -4.37. The molecule has 0 aliphatic rings. The lowest BCUT2D eigenvalue weighted by molar-refractivity contribution is -0.141. The number of hydrogen-bond acceptors (Lipinski definition) is 7. The Morgan fingerprint density at radius 2 is 1.86 bits per heavy atom. The molecule has 37 heavy (non-hydrogen) atoms. The number of aryl methyl sites for hydroxylation is 2. The third-order valence-corrected chi connectivity index (χ3v) is 7.15. The minimum absolute atomic E-state index is 0.130. The van der Waals surface area contributed by atoms with E-state index in [-0.39, 0.29) is 18.4 Å². The molecule has 6 nitrogen and oxygen atoms in total. The molecule has 0 unspecified atom stereocenters. The minimum Gasteiger partial charge on any atom is -0.465 e. The number of aromatic nitrogens is 2. The first-order valence-electron chi connectivity index (χ1n) is 12.0. The van der Waals surface area contributed by atoms with Crippen molar-refractivity contribution in [1.29, 1.82) is 0 Å². The van der Waals surface area contributed by atoms with Gasteiger partial charge in [0.15, 0.2) is 5.58 Å². The second kappa shape index (κ2) is 10.9. The SMILES string of the molecule is CCOC(=O)CN(C)c1ccc2c(CCc3sc(-c4ccc(C(F)(F)F)cc4)nc3C(C)C)noc2c1. The van der Waals surface area contributed by atoms with Crippen LogP contribution in [0.1, 0.15) is 48.5 Å². The van der Waals surface area contributed by atoms with Crippen LogP contribution >= 0.6 is 11.3 Å². The second-order valence-electron chi connectivity index (χ2n) is 9.03. The summed E-state index contributed by atoms with van der Waals surface area (Å²) in [4.78, 5) is 19.4. The Morgan fingerprint density at radius 3 is 2.51 bits per heavy atom. The van der Waals surface area contributed by atoms with Crippen LogP contribution in [0.4, 0.5) is 18.9 Å². The Labute approximate surface area is 217 Å². The monoisotopic (exact) mass is 531 g/mol. The Morgan fingerprint density at radius 1 is 1.14 bits per heavy atom. The number of benzene rings is 2. The number of rotatable bonds is 9. The molecule has 0 spiro atoms. The number of halogens is 3. The fourth-order valence-electron chi connectivity index (χ4n) is 4.04. The van der Waals surface area contributed by atoms with E-state index in [0.29, 0.717) is 35.6 Å². The van der Waals surface area contributed by atoms with Crippen LogP contribution in [0.3, 0.4) is 0 Å². The van der Waals surface area contributed by atoms with Crippen LogP contribution in [-0.2, 0) is 28.5 Å². The highest BCUT2D eigenvalue weighted by Crippen LogP contribution is 2.35. The van der Waals surface area contributed by atoms with Gasteiger partial charge in [-0.25, -0.2) is 4.98 Å². The van der Waals surface area contributed by atoms with Crippen LogP contribution in [0.15, 0.2) is 47.0 Å². The summed E-state index contributed by atoms with van der Waals surface area (Å²) in [5.74, 6) is -0.134. The third-order valence-electron chi connectivity index (χ3n) is 5.97. The molecular formula is C27H28F3N3O3S. The van der Waals surface area contributed by atoms with E-state index >= 15 is 0 Å². The zero-order valence-corrected chi connectivity index (χ0v) is 21.9. The van der Waals surface area contributed by atoms with Crippen LogP contribution in [0.2, 0.25) is 0 Å². The molecule has 2 aromatic carbocycles. The molecule has 4 rings (SSSR count). The van der Waals surface area contributed by atoms with E-state index < -0.39 is 11.7 Å². The van der Waals surface area contributed by atoms with Gasteiger partial charge in [0.1, 0.15) is 11.6 Å². The number of esters is 1. The molecule has 0 radical (unpaired) electrons. The Balaban J connectivity index is 1.51. The molecule has 0 atom stereocenters. The summed E-state index contributed by atoms with van der Waals surface area (Å²) in [6, 6.07) is 10.8. The van der Waals surface area contributed by atoms with Gasteiger partial charge < -0.3 is 14.2 Å². The summed E-state index contributed by atoms with van der Waals surface area (Å²) in [6.07, 6.45) is -3.07. The van der Waals surface area contributed by atoms with E-state index in [1.165, 1.54) is 23.5 Å². The highest BCUT2D eigenvalue weighted by atomic mass is 32.1. The highest BCUT2D eigenvalue weighted by molar-refractivity contribution is 7.15. The van der Waals surface area contributed by atoms with Crippen molar-refractivity contribution >= 4 is 34.0 Å². The van der Waals surface area contributed by atoms with Crippen LogP contribution in [-0.4, -0.2) is 36.3 Å². The number of alkyl halides is 3. The highest BCUT2D eigenvalue weighted by Gasteiger charge is 2.30. The third kappa shape index (κ3) is 6.12. The van der Waals surface area contributed by atoms with Gasteiger partial charge in [-0.3, -0.25) is 4.79 Å². The van der Waals surface area contributed by atoms with Crippen molar-refractivity contribution in [2.24, 2.45) is 0 Å². The molecule has 0 N–H and O–H groups in total. The van der Waals surface area contributed by atoms with Crippen molar-refractivity contribution in [3.05, 3.63) is 64.3 Å². The first kappa shape index (κ1) is 26.7. The van der Waals surface area contributed by atoms with E-state index in [0.717, 1.165) is 39.5 Å². The van der Waals surface area contributed by atoms with Crippen LogP contribution in [0, 0.1) is 0 Å². The molecule has 0 aliphatic carbocycles. The molecule has 0 amide bonds. The topological polar surface area (TPSA) is 68.5 Å². The number of anilines is 1. The predicted molar refractivity (Wildman–Crippen MR) is 138 cm³/mol. The molecule has 10 heteroatoms. The molecule has 0 bridgehead atoms. The second-order valence-corrected chi connectivity index (χ2v) is 10.1. The molecule has 4 aromatic rings. The Bertz CT molecular complexity index is 1380. The van der Waals surface area contributed by atoms with Gasteiger partial charge >= 0.3 is 12.1 Å². The van der Waals surface area contributed by atoms with Gasteiger partial charge in [-0.2, -0.15) is 13.2 Å². The number of ether oxygens (including phenoxy) is 1. The molecular weight excluding hydrogens is 503 g/mol. The van der Waals surface area contributed by atoms with E-state index in [9.17, 15) is 18.0 Å². The van der Waals surface area contributed by atoms with E-state index in [1.807, 2.05) is 18.2 Å². The summed E-state index contributed by atoms with van der Waals surface area (Å²) >= 11 is 1.50. The maximum atomic E-state index is 12.9. The van der Waals surface area contributed by atoms with Crippen molar-refractivity contribution in [3.8, 4) is 10.6 Å². The molecule has 2 heterocycles. The fraction of sp³-hybridized carbons (Fsp3) is 0.370. The average Bonchev–Trinajstić information content (AvgIpc) is 3.46. The number of fused-ring (bicyclic) bond motifs is 1. The normalized spacial score (nSPS) is 11.9. The summed E-state index contributed by atoms with van der Waals surface area (Å²) < 4.78 is 49.4. The molecule has 196 valence electrons. The van der Waals surface area contributed by atoms with Gasteiger partial charge in [-0.15, -0.1) is 11.3 Å². The quantitative estimate of drug-likeness (QED) is 0.219. The Kier molecular flexibility index (Phi) is 7.87. The lowest BCUT2D eigenvalue weighted by Crippen LogP contribution is -2.26. The average molecular weight is 532 g/mol. The van der Waals surface area contributed by atoms with Crippen molar-refractivity contribution in [3.63, 3.8) is 0 Å². The van der Waals surface area contributed by atoms with Gasteiger partial charge in [0.25, 0.3) is 0 Å². The number of nitrogens with zero attached hydrogens (tertiary/aromatic N) is 3. The molecule has 0 fully saturated rings. The first-order chi connectivity index (χ1) is 17.6. The van der Waals surface area contributed by atoms with Gasteiger partial charge in [0.05, 0.1) is 23.6 Å². The lowest BCUT2D eigenvalue weighted by atomic mass is 10.1. The van der Waals surface area contributed by atoms with E-state index in [1.54, 1.807) is 18.9 Å². The van der Waals surface area contributed by atoms with Gasteiger partial charge in [0, 0.05) is 34.6 Å². The van der Waals surface area contributed by atoms with Crippen molar-refractivity contribution < 1.29 is 27.2 Å². The van der Waals surface area contributed by atoms with Gasteiger partial charge in [0.2, 0.25) is 0 Å². The van der Waals surface area contributed by atoms with Crippen LogP contribution in [0.25, 0.3) is 21.5 Å². The number of likely N-dealkylation sites (N-methyl/N-ethyl adjacent to an activating group) is 1.